The molecule has 6 nitrogen and oxygen atoms in total. The number of carbonyl (C=O) groups is 1. The first-order valence-electron chi connectivity index (χ1n) is 9.01. The van der Waals surface area contributed by atoms with Gasteiger partial charge in [-0.1, -0.05) is 43.2 Å². The maximum atomic E-state index is 12.1. The lowest BCUT2D eigenvalue weighted by Gasteiger charge is -2.05. The lowest BCUT2D eigenvalue weighted by Crippen LogP contribution is -2.14. The molecule has 0 atom stereocenters. The molecule has 3 aromatic rings. The second-order valence-corrected chi connectivity index (χ2v) is 7.64. The molecule has 0 saturated heterocycles. The number of carbonyl (C=O) groups excluding carboxylic acids is 1. The van der Waals surface area contributed by atoms with Gasteiger partial charge in [-0.25, -0.2) is 0 Å². The van der Waals surface area contributed by atoms with Gasteiger partial charge in [0.25, 0.3) is 0 Å². The first kappa shape index (κ1) is 19.9. The highest BCUT2D eigenvalue weighted by Crippen LogP contribution is 2.21. The van der Waals surface area contributed by atoms with Crippen molar-refractivity contribution in [1.29, 1.82) is 0 Å². The average molecular weight is 398 g/mol. The van der Waals surface area contributed by atoms with E-state index in [1.807, 2.05) is 24.3 Å². The fourth-order valence-electron chi connectivity index (χ4n) is 2.55. The number of hydrogen-bond acceptors (Lipinski definition) is 6. The van der Waals surface area contributed by atoms with Crippen LogP contribution in [0.5, 0.6) is 5.75 Å². The molecular formula is C21H23N3O3S. The van der Waals surface area contributed by atoms with Gasteiger partial charge in [0.05, 0.1) is 19.3 Å². The number of ether oxygens (including phenoxy) is 1. The summed E-state index contributed by atoms with van der Waals surface area (Å²) in [5.41, 5.74) is 2.37. The van der Waals surface area contributed by atoms with E-state index in [0.717, 1.165) is 16.2 Å². The van der Waals surface area contributed by atoms with E-state index < -0.39 is 0 Å². The number of amides is 1. The number of hydrogen-bond donors (Lipinski definition) is 1. The molecule has 2 aromatic carbocycles. The lowest BCUT2D eigenvalue weighted by molar-refractivity contribution is -0.113. The summed E-state index contributed by atoms with van der Waals surface area (Å²) in [4.78, 5) is 13.1. The molecule has 7 heteroatoms. The predicted octanol–water partition coefficient (Wildman–Crippen LogP) is 4.52. The van der Waals surface area contributed by atoms with Gasteiger partial charge in [-0.2, -0.15) is 0 Å². The van der Waals surface area contributed by atoms with Crippen molar-refractivity contribution in [2.75, 3.05) is 18.2 Å². The van der Waals surface area contributed by atoms with Crippen LogP contribution in [0.4, 0.5) is 6.01 Å². The third kappa shape index (κ3) is 5.60. The van der Waals surface area contributed by atoms with Gasteiger partial charge in [-0.15, -0.1) is 16.9 Å². The zero-order chi connectivity index (χ0) is 19.9. The molecule has 3 rings (SSSR count). The minimum atomic E-state index is -0.197. The first-order chi connectivity index (χ1) is 13.5. The molecule has 146 valence electrons. The van der Waals surface area contributed by atoms with Gasteiger partial charge >= 0.3 is 6.01 Å². The van der Waals surface area contributed by atoms with Gasteiger partial charge in [0.15, 0.2) is 0 Å². The number of rotatable bonds is 8. The molecule has 0 radical (unpaired) electrons. The molecule has 0 aliphatic heterocycles. The van der Waals surface area contributed by atoms with E-state index in [1.165, 1.54) is 17.3 Å². The summed E-state index contributed by atoms with van der Waals surface area (Å²) >= 11 is 1.42. The van der Waals surface area contributed by atoms with Gasteiger partial charge in [0.1, 0.15) is 5.75 Å². The minimum Gasteiger partial charge on any atom is -0.497 e. The molecule has 28 heavy (non-hydrogen) atoms. The van der Waals surface area contributed by atoms with Crippen molar-refractivity contribution in [2.24, 2.45) is 0 Å². The van der Waals surface area contributed by atoms with E-state index in [9.17, 15) is 4.79 Å². The molecule has 0 aliphatic rings. The van der Waals surface area contributed by atoms with Crippen LogP contribution in [0.2, 0.25) is 0 Å². The van der Waals surface area contributed by atoms with E-state index >= 15 is 0 Å². The standard InChI is InChI=1S/C21H23N3O3S/c1-14(2)16-6-4-15(5-7-16)12-20-23-24-21(27-20)22-19(25)13-28-18-10-8-17(26-3)9-11-18/h4-11,14H,12-13H2,1-3H3,(H,22,24,25). The smallest absolute Gasteiger partial charge is 0.322 e. The van der Waals surface area contributed by atoms with Crippen molar-refractivity contribution >= 4 is 23.7 Å². The summed E-state index contributed by atoms with van der Waals surface area (Å²) in [7, 11) is 1.62. The van der Waals surface area contributed by atoms with Gasteiger partial charge in [0, 0.05) is 4.90 Å². The van der Waals surface area contributed by atoms with Crippen LogP contribution in [-0.2, 0) is 11.2 Å². The van der Waals surface area contributed by atoms with Gasteiger partial charge in [-0.3, -0.25) is 10.1 Å². The van der Waals surface area contributed by atoms with E-state index in [0.29, 0.717) is 18.2 Å². The fourth-order valence-corrected chi connectivity index (χ4v) is 3.25. The molecule has 1 N–H and O–H groups in total. The summed E-state index contributed by atoms with van der Waals surface area (Å²) in [6, 6.07) is 16.0. The summed E-state index contributed by atoms with van der Waals surface area (Å²) in [6.45, 7) is 4.32. The van der Waals surface area contributed by atoms with Crippen LogP contribution in [0.15, 0.2) is 57.8 Å². The monoisotopic (exact) mass is 397 g/mol. The Hall–Kier alpha value is -2.80. The number of aromatic nitrogens is 2. The highest BCUT2D eigenvalue weighted by atomic mass is 32.2. The van der Waals surface area contributed by atoms with Gasteiger partial charge in [0.2, 0.25) is 11.8 Å². The number of nitrogens with one attached hydrogen (secondary N) is 1. The number of methoxy groups -OCH3 is 1. The molecule has 1 heterocycles. The second-order valence-electron chi connectivity index (χ2n) is 6.59. The second kappa shape index (κ2) is 9.41. The largest absolute Gasteiger partial charge is 0.497 e. The Morgan fingerprint density at radius 1 is 1.11 bits per heavy atom. The lowest BCUT2D eigenvalue weighted by atomic mass is 10.0. The third-order valence-corrected chi connectivity index (χ3v) is 5.16. The third-order valence-electron chi connectivity index (χ3n) is 4.14. The molecule has 0 saturated carbocycles. The van der Waals surface area contributed by atoms with Crippen molar-refractivity contribution < 1.29 is 13.9 Å². The van der Waals surface area contributed by atoms with Crippen LogP contribution in [0, 0.1) is 0 Å². The van der Waals surface area contributed by atoms with E-state index in [1.54, 1.807) is 7.11 Å². The van der Waals surface area contributed by atoms with E-state index in [2.05, 4.69) is 53.6 Å². The summed E-state index contributed by atoms with van der Waals surface area (Å²) in [5, 5.41) is 10.5. The van der Waals surface area contributed by atoms with Crippen molar-refractivity contribution in [1.82, 2.24) is 10.2 Å². The summed E-state index contributed by atoms with van der Waals surface area (Å²) < 4.78 is 10.7. The van der Waals surface area contributed by atoms with Crippen LogP contribution < -0.4 is 10.1 Å². The quantitative estimate of drug-likeness (QED) is 0.563. The summed E-state index contributed by atoms with van der Waals surface area (Å²) in [5.74, 6) is 1.80. The molecule has 0 fully saturated rings. The highest BCUT2D eigenvalue weighted by molar-refractivity contribution is 8.00. The zero-order valence-electron chi connectivity index (χ0n) is 16.1. The Bertz CT molecular complexity index is 905. The van der Waals surface area contributed by atoms with Gasteiger partial charge < -0.3 is 9.15 Å². The van der Waals surface area contributed by atoms with Crippen LogP contribution in [0.1, 0.15) is 36.8 Å². The van der Waals surface area contributed by atoms with Crippen molar-refractivity contribution in [2.45, 2.75) is 31.1 Å². The Kier molecular flexibility index (Phi) is 6.71. The topological polar surface area (TPSA) is 77.2 Å². The fraction of sp³-hybridized carbons (Fsp3) is 0.286. The van der Waals surface area contributed by atoms with Crippen molar-refractivity contribution in [3.05, 3.63) is 65.5 Å². The molecule has 0 unspecified atom stereocenters. The molecule has 0 spiro atoms. The predicted molar refractivity (Wildman–Crippen MR) is 110 cm³/mol. The van der Waals surface area contributed by atoms with Crippen molar-refractivity contribution in [3.8, 4) is 5.75 Å². The van der Waals surface area contributed by atoms with Gasteiger partial charge in [-0.05, 0) is 41.3 Å². The Morgan fingerprint density at radius 2 is 1.82 bits per heavy atom. The van der Waals surface area contributed by atoms with Crippen LogP contribution >= 0.6 is 11.8 Å². The zero-order valence-corrected chi connectivity index (χ0v) is 17.0. The molecule has 0 aliphatic carbocycles. The Labute approximate surface area is 168 Å². The number of thioether (sulfide) groups is 1. The SMILES string of the molecule is COc1ccc(SCC(=O)Nc2nnc(Cc3ccc(C(C)C)cc3)o2)cc1. The van der Waals surface area contributed by atoms with E-state index in [4.69, 9.17) is 9.15 Å². The van der Waals surface area contributed by atoms with Crippen molar-refractivity contribution in [3.63, 3.8) is 0 Å². The van der Waals surface area contributed by atoms with Crippen LogP contribution in [0.3, 0.4) is 0 Å². The average Bonchev–Trinajstić information content (AvgIpc) is 3.13. The first-order valence-corrected chi connectivity index (χ1v) is 10.00. The molecule has 0 bridgehead atoms. The Balaban J connectivity index is 1.49. The number of nitrogens with zero attached hydrogens (tertiary/aromatic N) is 2. The number of benzene rings is 2. The van der Waals surface area contributed by atoms with Crippen LogP contribution in [-0.4, -0.2) is 29.0 Å². The molecule has 1 amide bonds. The highest BCUT2D eigenvalue weighted by Gasteiger charge is 2.11. The maximum Gasteiger partial charge on any atom is 0.322 e. The number of anilines is 1. The van der Waals surface area contributed by atoms with E-state index in [-0.39, 0.29) is 17.7 Å². The Morgan fingerprint density at radius 3 is 2.46 bits per heavy atom. The van der Waals surface area contributed by atoms with Crippen LogP contribution in [0.25, 0.3) is 0 Å². The maximum absolute atomic E-state index is 12.1. The molecule has 1 aromatic heterocycles. The normalized spacial score (nSPS) is 10.9. The molecular weight excluding hydrogens is 374 g/mol. The summed E-state index contributed by atoms with van der Waals surface area (Å²) in [6.07, 6.45) is 0.530. The minimum absolute atomic E-state index is 0.120.